The van der Waals surface area contributed by atoms with Gasteiger partial charge in [0, 0.05) is 37.5 Å². The molecule has 0 spiro atoms. The van der Waals surface area contributed by atoms with Crippen LogP contribution in [-0.4, -0.2) is 35.4 Å². The number of pyridine rings is 1. The molecule has 2 aromatic rings. The lowest BCUT2D eigenvalue weighted by Gasteiger charge is -2.40. The van der Waals surface area contributed by atoms with E-state index in [1.807, 2.05) is 43.3 Å². The Labute approximate surface area is 159 Å². The number of amides is 2. The van der Waals surface area contributed by atoms with Crippen LogP contribution in [0.1, 0.15) is 36.9 Å². The maximum Gasteiger partial charge on any atom is 0.225 e. The van der Waals surface area contributed by atoms with Crippen LogP contribution in [-0.2, 0) is 16.1 Å². The van der Waals surface area contributed by atoms with Gasteiger partial charge in [0.05, 0.1) is 19.1 Å². The van der Waals surface area contributed by atoms with E-state index in [0.717, 1.165) is 11.1 Å². The summed E-state index contributed by atoms with van der Waals surface area (Å²) in [6.07, 6.45) is 4.32. The van der Waals surface area contributed by atoms with Gasteiger partial charge in [-0.1, -0.05) is 18.2 Å². The minimum Gasteiger partial charge on any atom is -0.496 e. The van der Waals surface area contributed by atoms with Crippen molar-refractivity contribution in [2.45, 2.75) is 32.4 Å². The van der Waals surface area contributed by atoms with Crippen molar-refractivity contribution in [3.63, 3.8) is 0 Å². The number of nitrogens with zero attached hydrogens (tertiary/aromatic N) is 2. The Kier molecular flexibility index (Phi) is 6.06. The number of hydrogen-bond donors (Lipinski definition) is 1. The van der Waals surface area contributed by atoms with Crippen LogP contribution in [0.5, 0.6) is 5.75 Å². The molecule has 2 heterocycles. The van der Waals surface area contributed by atoms with Crippen molar-refractivity contribution in [3.8, 4) is 5.75 Å². The van der Waals surface area contributed by atoms with E-state index >= 15 is 0 Å². The second-order valence-electron chi connectivity index (χ2n) is 6.58. The van der Waals surface area contributed by atoms with Gasteiger partial charge in [-0.2, -0.15) is 0 Å². The van der Waals surface area contributed by atoms with Crippen LogP contribution in [0, 0.1) is 5.92 Å². The van der Waals surface area contributed by atoms with Crippen molar-refractivity contribution < 1.29 is 14.3 Å². The molecule has 3 rings (SSSR count). The number of carbonyl (C=O) groups excluding carboxylic acids is 2. The highest BCUT2D eigenvalue weighted by atomic mass is 16.5. The molecule has 0 radical (unpaired) electrons. The summed E-state index contributed by atoms with van der Waals surface area (Å²) in [5.41, 5.74) is 1.87. The number of hydrogen-bond acceptors (Lipinski definition) is 4. The van der Waals surface area contributed by atoms with Gasteiger partial charge in [-0.3, -0.25) is 14.6 Å². The molecule has 1 saturated heterocycles. The third kappa shape index (κ3) is 4.10. The lowest BCUT2D eigenvalue weighted by molar-refractivity contribution is -0.143. The van der Waals surface area contributed by atoms with Crippen molar-refractivity contribution in [2.24, 2.45) is 5.92 Å². The first kappa shape index (κ1) is 18.9. The first-order valence-electron chi connectivity index (χ1n) is 9.24. The predicted octanol–water partition coefficient (Wildman–Crippen LogP) is 2.71. The molecule has 6 nitrogen and oxygen atoms in total. The average molecular weight is 367 g/mol. The van der Waals surface area contributed by atoms with E-state index < -0.39 is 0 Å². The smallest absolute Gasteiger partial charge is 0.225 e. The number of ether oxygens (including phenoxy) is 1. The molecule has 27 heavy (non-hydrogen) atoms. The predicted molar refractivity (Wildman–Crippen MR) is 102 cm³/mol. The zero-order valence-electron chi connectivity index (χ0n) is 15.7. The molecule has 1 N–H and O–H groups in total. The van der Waals surface area contributed by atoms with E-state index in [1.54, 1.807) is 24.4 Å². The summed E-state index contributed by atoms with van der Waals surface area (Å²) in [6.45, 7) is 2.93. The highest BCUT2D eigenvalue weighted by Gasteiger charge is 2.41. The Balaban J connectivity index is 1.86. The van der Waals surface area contributed by atoms with E-state index in [4.69, 9.17) is 4.74 Å². The second kappa shape index (κ2) is 8.66. The molecule has 1 aromatic carbocycles. The molecular formula is C21H25N3O3. The maximum atomic E-state index is 13.0. The summed E-state index contributed by atoms with van der Waals surface area (Å²) in [4.78, 5) is 31.3. The Morgan fingerprint density at radius 3 is 2.70 bits per heavy atom. The van der Waals surface area contributed by atoms with Crippen LogP contribution in [0.25, 0.3) is 0 Å². The number of likely N-dealkylation sites (tertiary alicyclic amines) is 1. The molecule has 2 atom stereocenters. The van der Waals surface area contributed by atoms with Gasteiger partial charge in [-0.25, -0.2) is 0 Å². The van der Waals surface area contributed by atoms with E-state index in [9.17, 15) is 9.59 Å². The minimum absolute atomic E-state index is 0.0475. The second-order valence-corrected chi connectivity index (χ2v) is 6.58. The molecule has 0 unspecified atom stereocenters. The molecule has 1 aromatic heterocycles. The van der Waals surface area contributed by atoms with Gasteiger partial charge in [-0.15, -0.1) is 0 Å². The highest BCUT2D eigenvalue weighted by Crippen LogP contribution is 2.40. The van der Waals surface area contributed by atoms with Gasteiger partial charge in [0.15, 0.2) is 0 Å². The normalized spacial score (nSPS) is 19.6. The highest BCUT2D eigenvalue weighted by molar-refractivity contribution is 5.85. The third-order valence-electron chi connectivity index (χ3n) is 5.06. The Morgan fingerprint density at radius 2 is 2.00 bits per heavy atom. The van der Waals surface area contributed by atoms with E-state index in [0.29, 0.717) is 31.7 Å². The summed E-state index contributed by atoms with van der Waals surface area (Å²) >= 11 is 0. The molecule has 2 amide bonds. The monoisotopic (exact) mass is 367 g/mol. The number of methoxy groups -OCH3 is 1. The molecule has 142 valence electrons. The standard InChI is InChI=1S/C21H25N3O3/c1-3-24-19(25)9-8-17(20(24)16-6-4-5-7-18(16)27-2)21(26)23-14-15-10-12-22-13-11-15/h4-7,10-13,17,20H,3,8-9,14H2,1-2H3,(H,23,26)/t17-,20+/m1/s1. The fourth-order valence-corrected chi connectivity index (χ4v) is 3.72. The first-order valence-corrected chi connectivity index (χ1v) is 9.24. The molecule has 6 heteroatoms. The third-order valence-corrected chi connectivity index (χ3v) is 5.06. The Bertz CT molecular complexity index is 794. The van der Waals surface area contributed by atoms with Crippen molar-refractivity contribution in [1.82, 2.24) is 15.2 Å². The van der Waals surface area contributed by atoms with Crippen molar-refractivity contribution >= 4 is 11.8 Å². The van der Waals surface area contributed by atoms with Gasteiger partial charge in [-0.05, 0) is 37.1 Å². The van der Waals surface area contributed by atoms with E-state index in [1.165, 1.54) is 0 Å². The molecule has 0 aliphatic carbocycles. The van der Waals surface area contributed by atoms with Crippen molar-refractivity contribution in [1.29, 1.82) is 0 Å². The number of para-hydroxylation sites is 1. The summed E-state index contributed by atoms with van der Waals surface area (Å²) < 4.78 is 5.51. The molecule has 0 saturated carbocycles. The molecule has 1 aliphatic rings. The number of nitrogens with one attached hydrogen (secondary N) is 1. The van der Waals surface area contributed by atoms with Gasteiger partial charge in [0.25, 0.3) is 0 Å². The molecule has 1 fully saturated rings. The lowest BCUT2D eigenvalue weighted by atomic mass is 9.83. The zero-order valence-corrected chi connectivity index (χ0v) is 15.7. The van der Waals surface area contributed by atoms with Crippen LogP contribution in [0.15, 0.2) is 48.8 Å². The summed E-state index contributed by atoms with van der Waals surface area (Å²) in [6, 6.07) is 11.0. The van der Waals surface area contributed by atoms with Crippen molar-refractivity contribution in [2.75, 3.05) is 13.7 Å². The summed E-state index contributed by atoms with van der Waals surface area (Å²) in [7, 11) is 1.61. The van der Waals surface area contributed by atoms with E-state index in [-0.39, 0.29) is 23.8 Å². The Hall–Kier alpha value is -2.89. The number of benzene rings is 1. The van der Waals surface area contributed by atoms with Gasteiger partial charge in [0.2, 0.25) is 11.8 Å². The molecular weight excluding hydrogens is 342 g/mol. The molecule has 0 bridgehead atoms. The Morgan fingerprint density at radius 1 is 1.26 bits per heavy atom. The van der Waals surface area contributed by atoms with Gasteiger partial charge < -0.3 is 15.0 Å². The fourth-order valence-electron chi connectivity index (χ4n) is 3.72. The van der Waals surface area contributed by atoms with Crippen molar-refractivity contribution in [3.05, 3.63) is 59.9 Å². The topological polar surface area (TPSA) is 71.5 Å². The molecule has 1 aliphatic heterocycles. The number of piperidine rings is 1. The SMILES string of the molecule is CCN1C(=O)CC[C@@H](C(=O)NCc2ccncc2)[C@@H]1c1ccccc1OC. The van der Waals surface area contributed by atoms with Crippen LogP contribution in [0.3, 0.4) is 0 Å². The lowest BCUT2D eigenvalue weighted by Crippen LogP contribution is -2.48. The quantitative estimate of drug-likeness (QED) is 0.852. The number of carbonyl (C=O) groups is 2. The van der Waals surface area contributed by atoms with Crippen LogP contribution in [0.2, 0.25) is 0 Å². The fraction of sp³-hybridized carbons (Fsp3) is 0.381. The largest absolute Gasteiger partial charge is 0.496 e. The van der Waals surface area contributed by atoms with Crippen LogP contribution >= 0.6 is 0 Å². The van der Waals surface area contributed by atoms with Crippen LogP contribution < -0.4 is 10.1 Å². The minimum atomic E-state index is -0.329. The first-order chi connectivity index (χ1) is 13.2. The zero-order chi connectivity index (χ0) is 19.2. The number of rotatable bonds is 6. The van der Waals surface area contributed by atoms with Crippen LogP contribution in [0.4, 0.5) is 0 Å². The summed E-state index contributed by atoms with van der Waals surface area (Å²) in [5.74, 6) is 0.406. The summed E-state index contributed by atoms with van der Waals surface area (Å²) in [5, 5.41) is 3.02. The van der Waals surface area contributed by atoms with E-state index in [2.05, 4.69) is 10.3 Å². The van der Waals surface area contributed by atoms with Gasteiger partial charge in [0.1, 0.15) is 5.75 Å². The maximum absolute atomic E-state index is 13.0. The number of aromatic nitrogens is 1. The average Bonchev–Trinajstić information content (AvgIpc) is 2.72. The van der Waals surface area contributed by atoms with Gasteiger partial charge >= 0.3 is 0 Å².